The minimum Gasteiger partial charge on any atom is -0.373 e. The highest BCUT2D eigenvalue weighted by molar-refractivity contribution is 6.33. The van der Waals surface area contributed by atoms with Gasteiger partial charge in [-0.25, -0.2) is 4.39 Å². The topological polar surface area (TPSA) is 41.1 Å². The second-order valence-electron chi connectivity index (χ2n) is 4.85. The average molecular weight is 307 g/mol. The van der Waals surface area contributed by atoms with Gasteiger partial charge in [-0.2, -0.15) is 0 Å². The van der Waals surface area contributed by atoms with Gasteiger partial charge in [-0.3, -0.25) is 4.79 Å². The van der Waals surface area contributed by atoms with Crippen molar-refractivity contribution in [1.82, 2.24) is 0 Å². The maximum atomic E-state index is 12.8. The fourth-order valence-corrected chi connectivity index (χ4v) is 2.11. The van der Waals surface area contributed by atoms with Crippen LogP contribution in [0.15, 0.2) is 42.5 Å². The molecule has 110 valence electrons. The molecule has 2 aromatic carbocycles. The van der Waals surface area contributed by atoms with Crippen molar-refractivity contribution in [3.05, 3.63) is 58.9 Å². The molecule has 0 unspecified atom stereocenters. The van der Waals surface area contributed by atoms with Gasteiger partial charge in [-0.1, -0.05) is 17.7 Å². The number of amides is 1. The summed E-state index contributed by atoms with van der Waals surface area (Å²) in [6.07, 6.45) is 0. The van der Waals surface area contributed by atoms with Gasteiger partial charge in [0.2, 0.25) is 5.91 Å². The monoisotopic (exact) mass is 306 g/mol. The predicted octanol–water partition coefficient (Wildman–Crippen LogP) is 4.23. The van der Waals surface area contributed by atoms with E-state index in [1.807, 2.05) is 25.1 Å². The Kier molecular flexibility index (Phi) is 4.81. The second kappa shape index (κ2) is 6.59. The zero-order chi connectivity index (χ0) is 15.4. The van der Waals surface area contributed by atoms with Crippen molar-refractivity contribution in [1.29, 1.82) is 0 Å². The van der Waals surface area contributed by atoms with Crippen LogP contribution in [0, 0.1) is 12.7 Å². The lowest BCUT2D eigenvalue weighted by atomic mass is 10.2. The lowest BCUT2D eigenvalue weighted by molar-refractivity contribution is -0.116. The minimum absolute atomic E-state index is 0.224. The SMILES string of the molecule is Cc1ccc(N[C@H](C)C(=O)Nc2ccc(F)cc2)c(Cl)c1. The number of aryl methyl sites for hydroxylation is 1. The molecule has 0 heterocycles. The van der Waals surface area contributed by atoms with Crippen LogP contribution in [0.2, 0.25) is 5.02 Å². The zero-order valence-corrected chi connectivity index (χ0v) is 12.5. The van der Waals surface area contributed by atoms with Crippen LogP contribution in [-0.4, -0.2) is 11.9 Å². The number of halogens is 2. The summed E-state index contributed by atoms with van der Waals surface area (Å²) < 4.78 is 12.8. The van der Waals surface area contributed by atoms with Crippen LogP contribution in [0.1, 0.15) is 12.5 Å². The molecule has 1 amide bonds. The molecule has 0 saturated heterocycles. The fourth-order valence-electron chi connectivity index (χ4n) is 1.82. The molecule has 21 heavy (non-hydrogen) atoms. The number of rotatable bonds is 4. The van der Waals surface area contributed by atoms with E-state index in [4.69, 9.17) is 11.6 Å². The third kappa shape index (κ3) is 4.20. The van der Waals surface area contributed by atoms with Crippen molar-refractivity contribution >= 4 is 28.9 Å². The molecule has 5 heteroatoms. The molecule has 0 spiro atoms. The van der Waals surface area contributed by atoms with E-state index in [1.165, 1.54) is 24.3 Å². The molecule has 0 bridgehead atoms. The van der Waals surface area contributed by atoms with Crippen LogP contribution in [0.4, 0.5) is 15.8 Å². The van der Waals surface area contributed by atoms with Crippen LogP contribution in [0.3, 0.4) is 0 Å². The van der Waals surface area contributed by atoms with Crippen LogP contribution in [0.5, 0.6) is 0 Å². The molecule has 0 aliphatic rings. The van der Waals surface area contributed by atoms with Gasteiger partial charge in [0.15, 0.2) is 0 Å². The van der Waals surface area contributed by atoms with E-state index in [1.54, 1.807) is 6.92 Å². The summed E-state index contributed by atoms with van der Waals surface area (Å²) in [5.74, 6) is -0.566. The third-order valence-electron chi connectivity index (χ3n) is 3.00. The standard InChI is InChI=1S/C16H16ClFN2O/c1-10-3-8-15(14(17)9-10)19-11(2)16(21)20-13-6-4-12(18)5-7-13/h3-9,11,19H,1-2H3,(H,20,21)/t11-/m1/s1. The molecular weight excluding hydrogens is 291 g/mol. The van der Waals surface area contributed by atoms with Gasteiger partial charge in [0.05, 0.1) is 10.7 Å². The Bertz CT molecular complexity index is 643. The summed E-state index contributed by atoms with van der Waals surface area (Å²) in [5, 5.41) is 6.33. The quantitative estimate of drug-likeness (QED) is 0.887. The molecule has 0 aromatic heterocycles. The van der Waals surface area contributed by atoms with Gasteiger partial charge in [-0.05, 0) is 55.8 Å². The summed E-state index contributed by atoms with van der Waals surface area (Å²) >= 11 is 6.12. The largest absolute Gasteiger partial charge is 0.373 e. The van der Waals surface area contributed by atoms with E-state index >= 15 is 0 Å². The molecule has 2 N–H and O–H groups in total. The van der Waals surface area contributed by atoms with Gasteiger partial charge < -0.3 is 10.6 Å². The Hall–Kier alpha value is -2.07. The lowest BCUT2D eigenvalue weighted by Crippen LogP contribution is -2.31. The van der Waals surface area contributed by atoms with Crippen molar-refractivity contribution in [3.63, 3.8) is 0 Å². The number of carbonyl (C=O) groups excluding carboxylic acids is 1. The molecule has 0 aliphatic heterocycles. The molecule has 0 saturated carbocycles. The summed E-state index contributed by atoms with van der Waals surface area (Å²) in [6.45, 7) is 3.68. The Morgan fingerprint density at radius 1 is 1.19 bits per heavy atom. The molecule has 0 fully saturated rings. The number of carbonyl (C=O) groups is 1. The molecule has 1 atom stereocenters. The first-order chi connectivity index (χ1) is 9.95. The molecule has 0 aliphatic carbocycles. The van der Waals surface area contributed by atoms with Crippen molar-refractivity contribution in [2.45, 2.75) is 19.9 Å². The van der Waals surface area contributed by atoms with Gasteiger partial charge in [-0.15, -0.1) is 0 Å². The van der Waals surface area contributed by atoms with Crippen molar-refractivity contribution in [3.8, 4) is 0 Å². The van der Waals surface area contributed by atoms with Crippen molar-refractivity contribution < 1.29 is 9.18 Å². The van der Waals surface area contributed by atoms with Gasteiger partial charge in [0, 0.05) is 5.69 Å². The third-order valence-corrected chi connectivity index (χ3v) is 3.31. The molecular formula is C16H16ClFN2O. The van der Waals surface area contributed by atoms with Gasteiger partial charge >= 0.3 is 0 Å². The van der Waals surface area contributed by atoms with Crippen LogP contribution in [-0.2, 0) is 4.79 Å². The summed E-state index contributed by atoms with van der Waals surface area (Å²) in [5.41, 5.74) is 2.29. The highest BCUT2D eigenvalue weighted by Gasteiger charge is 2.14. The number of anilines is 2. The Morgan fingerprint density at radius 2 is 1.86 bits per heavy atom. The van der Waals surface area contributed by atoms with Crippen LogP contribution >= 0.6 is 11.6 Å². The fraction of sp³-hybridized carbons (Fsp3) is 0.188. The lowest BCUT2D eigenvalue weighted by Gasteiger charge is -2.16. The smallest absolute Gasteiger partial charge is 0.246 e. The van der Waals surface area contributed by atoms with Gasteiger partial charge in [0.1, 0.15) is 11.9 Å². The molecule has 2 aromatic rings. The van der Waals surface area contributed by atoms with E-state index in [2.05, 4.69) is 10.6 Å². The highest BCUT2D eigenvalue weighted by Crippen LogP contribution is 2.23. The Labute approximate surface area is 128 Å². The summed E-state index contributed by atoms with van der Waals surface area (Å²) in [4.78, 5) is 12.1. The highest BCUT2D eigenvalue weighted by atomic mass is 35.5. The first kappa shape index (κ1) is 15.3. The molecule has 3 nitrogen and oxygen atoms in total. The van der Waals surface area contributed by atoms with E-state index in [0.29, 0.717) is 16.4 Å². The van der Waals surface area contributed by atoms with Crippen molar-refractivity contribution in [2.24, 2.45) is 0 Å². The maximum Gasteiger partial charge on any atom is 0.246 e. The zero-order valence-electron chi connectivity index (χ0n) is 11.8. The first-order valence-corrected chi connectivity index (χ1v) is 6.92. The second-order valence-corrected chi connectivity index (χ2v) is 5.25. The first-order valence-electron chi connectivity index (χ1n) is 6.55. The molecule has 2 rings (SSSR count). The maximum absolute atomic E-state index is 12.8. The predicted molar refractivity (Wildman–Crippen MR) is 84.3 cm³/mol. The Balaban J connectivity index is 2.00. The average Bonchev–Trinajstić information content (AvgIpc) is 2.44. The van der Waals surface area contributed by atoms with Crippen LogP contribution in [0.25, 0.3) is 0 Å². The van der Waals surface area contributed by atoms with Gasteiger partial charge in [0.25, 0.3) is 0 Å². The number of hydrogen-bond acceptors (Lipinski definition) is 2. The van der Waals surface area contributed by atoms with Crippen LogP contribution < -0.4 is 10.6 Å². The van der Waals surface area contributed by atoms with E-state index in [9.17, 15) is 9.18 Å². The number of hydrogen-bond donors (Lipinski definition) is 2. The Morgan fingerprint density at radius 3 is 2.48 bits per heavy atom. The normalized spacial score (nSPS) is 11.8. The number of nitrogens with one attached hydrogen (secondary N) is 2. The van der Waals surface area contributed by atoms with Crippen molar-refractivity contribution in [2.75, 3.05) is 10.6 Å². The van der Waals surface area contributed by atoms with E-state index in [-0.39, 0.29) is 11.7 Å². The summed E-state index contributed by atoms with van der Waals surface area (Å²) in [7, 11) is 0. The van der Waals surface area contributed by atoms with E-state index in [0.717, 1.165) is 5.56 Å². The number of benzene rings is 2. The molecule has 0 radical (unpaired) electrons. The van der Waals surface area contributed by atoms with E-state index < -0.39 is 6.04 Å². The summed E-state index contributed by atoms with van der Waals surface area (Å²) in [6, 6.07) is 10.7. The minimum atomic E-state index is -0.477.